The lowest BCUT2D eigenvalue weighted by molar-refractivity contribution is -0.164. The molecule has 0 aromatic carbocycles. The smallest absolute Gasteiger partial charge is 0.345 e. The number of carboxylic acid groups (broad SMARTS) is 1. The van der Waals surface area contributed by atoms with Crippen LogP contribution in [0.2, 0.25) is 0 Å². The number of unbranched alkanes of at least 4 members (excludes halogenated alkanes) is 11. The van der Waals surface area contributed by atoms with E-state index in [-0.39, 0.29) is 5.97 Å². The second-order valence-corrected chi connectivity index (χ2v) is 6.74. The van der Waals surface area contributed by atoms with Gasteiger partial charge in [-0.15, -0.1) is 0 Å². The number of carboxylic acids is 1. The number of esters is 1. The van der Waals surface area contributed by atoms with E-state index in [9.17, 15) is 9.59 Å². The Bertz CT molecular complexity index is 315. The van der Waals surface area contributed by atoms with E-state index in [4.69, 9.17) is 9.84 Å². The molecular weight excluding hydrogens is 304 g/mol. The van der Waals surface area contributed by atoms with Gasteiger partial charge >= 0.3 is 11.9 Å². The summed E-state index contributed by atoms with van der Waals surface area (Å²) in [4.78, 5) is 22.8. The van der Waals surface area contributed by atoms with Crippen LogP contribution in [-0.4, -0.2) is 23.1 Å². The summed E-state index contributed by atoms with van der Waals surface area (Å²) >= 11 is 0. The second kappa shape index (κ2) is 16.8. The van der Waals surface area contributed by atoms with Gasteiger partial charge in [0.05, 0.1) is 0 Å². The molecule has 0 heterocycles. The zero-order chi connectivity index (χ0) is 18.0. The van der Waals surface area contributed by atoms with Crippen LogP contribution in [0.5, 0.6) is 0 Å². The van der Waals surface area contributed by atoms with Crippen molar-refractivity contribution < 1.29 is 19.4 Å². The van der Waals surface area contributed by atoms with Crippen molar-refractivity contribution in [1.29, 1.82) is 0 Å². The fourth-order valence-corrected chi connectivity index (χ4v) is 2.79. The van der Waals surface area contributed by atoms with E-state index >= 15 is 0 Å². The van der Waals surface area contributed by atoms with Gasteiger partial charge in [-0.2, -0.15) is 0 Å². The molecular formula is C20H38O4. The summed E-state index contributed by atoms with van der Waals surface area (Å²) in [6.45, 7) is 4.30. The number of aliphatic carboxylic acids is 1. The molecule has 0 saturated carbocycles. The van der Waals surface area contributed by atoms with Crippen LogP contribution >= 0.6 is 0 Å². The average molecular weight is 343 g/mol. The van der Waals surface area contributed by atoms with Crippen molar-refractivity contribution in [3.63, 3.8) is 0 Å². The molecule has 0 radical (unpaired) electrons. The summed E-state index contributed by atoms with van der Waals surface area (Å²) in [5.74, 6) is -1.39. The molecule has 0 fully saturated rings. The lowest BCUT2D eigenvalue weighted by Crippen LogP contribution is -2.27. The summed E-state index contributed by atoms with van der Waals surface area (Å²) in [5.41, 5.74) is 0. The lowest BCUT2D eigenvalue weighted by atomic mass is 10.0. The highest BCUT2D eigenvalue weighted by atomic mass is 16.6. The highest BCUT2D eigenvalue weighted by molar-refractivity contribution is 5.77. The third-order valence-electron chi connectivity index (χ3n) is 4.35. The Hall–Kier alpha value is -1.06. The van der Waals surface area contributed by atoms with Gasteiger partial charge in [-0.1, -0.05) is 84.5 Å². The molecule has 0 aliphatic rings. The zero-order valence-corrected chi connectivity index (χ0v) is 15.9. The Morgan fingerprint density at radius 1 is 0.750 bits per heavy atom. The van der Waals surface area contributed by atoms with Crippen molar-refractivity contribution >= 4 is 11.9 Å². The fourth-order valence-electron chi connectivity index (χ4n) is 2.79. The molecule has 1 N–H and O–H groups in total. The highest BCUT2D eigenvalue weighted by Gasteiger charge is 2.21. The van der Waals surface area contributed by atoms with Gasteiger partial charge in [0.2, 0.25) is 0 Å². The Labute approximate surface area is 148 Å². The summed E-state index contributed by atoms with van der Waals surface area (Å²) in [7, 11) is 0. The maximum absolute atomic E-state index is 11.6. The van der Waals surface area contributed by atoms with Crippen molar-refractivity contribution in [3.8, 4) is 0 Å². The number of hydrogen-bond donors (Lipinski definition) is 1. The third-order valence-corrected chi connectivity index (χ3v) is 4.35. The van der Waals surface area contributed by atoms with E-state index in [1.807, 2.05) is 0 Å². The molecule has 24 heavy (non-hydrogen) atoms. The zero-order valence-electron chi connectivity index (χ0n) is 15.9. The van der Waals surface area contributed by atoms with E-state index in [1.165, 1.54) is 44.9 Å². The minimum Gasteiger partial charge on any atom is -0.479 e. The molecule has 0 spiro atoms. The molecule has 0 aromatic rings. The molecule has 0 aliphatic heterocycles. The van der Waals surface area contributed by atoms with Crippen molar-refractivity contribution in [3.05, 3.63) is 0 Å². The van der Waals surface area contributed by atoms with Crippen molar-refractivity contribution in [2.75, 3.05) is 0 Å². The topological polar surface area (TPSA) is 63.6 Å². The molecule has 0 amide bonds. The van der Waals surface area contributed by atoms with Gasteiger partial charge < -0.3 is 9.84 Å². The fraction of sp³-hybridized carbons (Fsp3) is 0.900. The van der Waals surface area contributed by atoms with Crippen molar-refractivity contribution in [1.82, 2.24) is 0 Å². The molecule has 4 heteroatoms. The van der Waals surface area contributed by atoms with Crippen LogP contribution in [-0.2, 0) is 14.3 Å². The van der Waals surface area contributed by atoms with Gasteiger partial charge in [0, 0.05) is 6.42 Å². The average Bonchev–Trinajstić information content (AvgIpc) is 2.55. The van der Waals surface area contributed by atoms with Crippen LogP contribution in [0.1, 0.15) is 110 Å². The van der Waals surface area contributed by atoms with Crippen LogP contribution < -0.4 is 0 Å². The normalized spacial score (nSPS) is 12.1. The standard InChI is InChI=1S/C20H38O4/c1-3-5-7-8-9-10-11-12-13-15-16-18(20(22)23)24-19(21)17-14-6-4-2/h18H,3-17H2,1-2H3,(H,22,23). The number of carbonyl (C=O) groups is 2. The van der Waals surface area contributed by atoms with Gasteiger partial charge in [0.15, 0.2) is 6.10 Å². The van der Waals surface area contributed by atoms with E-state index in [0.717, 1.165) is 38.5 Å². The molecule has 142 valence electrons. The predicted molar refractivity (Wildman–Crippen MR) is 98.1 cm³/mol. The Kier molecular flexibility index (Phi) is 16.0. The van der Waals surface area contributed by atoms with Gasteiger partial charge in [-0.3, -0.25) is 4.79 Å². The highest BCUT2D eigenvalue weighted by Crippen LogP contribution is 2.14. The monoisotopic (exact) mass is 342 g/mol. The largest absolute Gasteiger partial charge is 0.479 e. The molecule has 0 aliphatic carbocycles. The Morgan fingerprint density at radius 3 is 1.71 bits per heavy atom. The van der Waals surface area contributed by atoms with Crippen molar-refractivity contribution in [2.24, 2.45) is 0 Å². The van der Waals surface area contributed by atoms with E-state index in [0.29, 0.717) is 12.8 Å². The first-order chi connectivity index (χ1) is 11.6. The van der Waals surface area contributed by atoms with Crippen LogP contribution in [0, 0.1) is 0 Å². The van der Waals surface area contributed by atoms with Crippen LogP contribution in [0.15, 0.2) is 0 Å². The summed E-state index contributed by atoms with van der Waals surface area (Å²) < 4.78 is 5.10. The first-order valence-corrected chi connectivity index (χ1v) is 10.0. The SMILES string of the molecule is CCCCCCCCCCCCC(OC(=O)CCCCC)C(=O)O. The van der Waals surface area contributed by atoms with Gasteiger partial charge in [0.25, 0.3) is 0 Å². The van der Waals surface area contributed by atoms with Crippen LogP contribution in [0.3, 0.4) is 0 Å². The second-order valence-electron chi connectivity index (χ2n) is 6.74. The van der Waals surface area contributed by atoms with Crippen molar-refractivity contribution in [2.45, 2.75) is 116 Å². The number of hydrogen-bond acceptors (Lipinski definition) is 3. The van der Waals surface area contributed by atoms with Gasteiger partial charge in [-0.05, 0) is 19.3 Å². The molecule has 0 aromatic heterocycles. The Balaban J connectivity index is 3.64. The quantitative estimate of drug-likeness (QED) is 0.265. The molecule has 0 rings (SSSR count). The number of rotatable bonds is 17. The summed E-state index contributed by atoms with van der Waals surface area (Å²) in [6.07, 6.45) is 14.7. The van der Waals surface area contributed by atoms with E-state index in [1.54, 1.807) is 0 Å². The third kappa shape index (κ3) is 14.5. The molecule has 4 nitrogen and oxygen atoms in total. The first-order valence-electron chi connectivity index (χ1n) is 10.0. The minimum absolute atomic E-state index is 0.329. The van der Waals surface area contributed by atoms with Crippen LogP contribution in [0.25, 0.3) is 0 Å². The number of ether oxygens (including phenoxy) is 1. The van der Waals surface area contributed by atoms with Crippen LogP contribution in [0.4, 0.5) is 0 Å². The minimum atomic E-state index is -1.02. The maximum Gasteiger partial charge on any atom is 0.345 e. The van der Waals surface area contributed by atoms with E-state index < -0.39 is 12.1 Å². The molecule has 1 unspecified atom stereocenters. The predicted octanol–water partition coefficient (Wildman–Crippen LogP) is 5.87. The molecule has 0 bridgehead atoms. The van der Waals surface area contributed by atoms with E-state index in [2.05, 4.69) is 13.8 Å². The summed E-state index contributed by atoms with van der Waals surface area (Å²) in [6, 6.07) is 0. The molecule has 0 saturated heterocycles. The van der Waals surface area contributed by atoms with Gasteiger partial charge in [0.1, 0.15) is 0 Å². The number of carbonyl (C=O) groups excluding carboxylic acids is 1. The maximum atomic E-state index is 11.6. The first kappa shape index (κ1) is 22.9. The van der Waals surface area contributed by atoms with Gasteiger partial charge in [-0.25, -0.2) is 4.79 Å². The Morgan fingerprint density at radius 2 is 1.21 bits per heavy atom. The lowest BCUT2D eigenvalue weighted by Gasteiger charge is -2.13. The summed E-state index contributed by atoms with van der Waals surface area (Å²) in [5, 5.41) is 9.16. The molecule has 1 atom stereocenters.